The number of hydrogen-bond acceptors (Lipinski definition) is 0. The topological polar surface area (TPSA) is 3.88 Å². The number of nitrogens with zero attached hydrogens (tertiary/aromatic N) is 1. The van der Waals surface area contributed by atoms with Crippen LogP contribution < -0.4 is 4.57 Å². The Morgan fingerprint density at radius 3 is 0.884 bits per heavy atom. The Labute approximate surface area is 272 Å². The van der Waals surface area contributed by atoms with Crippen molar-refractivity contribution in [1.29, 1.82) is 0 Å². The molecule has 0 aromatic carbocycles. The van der Waals surface area contributed by atoms with Crippen LogP contribution in [0.5, 0.6) is 0 Å². The lowest BCUT2D eigenvalue weighted by Gasteiger charge is -2.07. The smallest absolute Gasteiger partial charge is 0.171 e. The second kappa shape index (κ2) is 32.5. The highest BCUT2D eigenvalue weighted by Crippen LogP contribution is 2.16. The Kier molecular flexibility index (Phi) is 30.4. The van der Waals surface area contributed by atoms with Gasteiger partial charge in [0.05, 0.1) is 0 Å². The zero-order chi connectivity index (χ0) is 30.9. The third-order valence-electron chi connectivity index (χ3n) is 9.69. The van der Waals surface area contributed by atoms with Gasteiger partial charge in [0, 0.05) is 17.5 Å². The average Bonchev–Trinajstić information content (AvgIpc) is 3.01. The zero-order valence-electron chi connectivity index (χ0n) is 30.2. The Hall–Kier alpha value is -0.850. The van der Waals surface area contributed by atoms with Crippen molar-refractivity contribution in [2.75, 3.05) is 0 Å². The summed E-state index contributed by atoms with van der Waals surface area (Å²) in [5.41, 5.74) is 3.21. The van der Waals surface area contributed by atoms with E-state index in [4.69, 9.17) is 0 Å². The van der Waals surface area contributed by atoms with Crippen LogP contribution in [0.2, 0.25) is 0 Å². The minimum absolute atomic E-state index is 1.22. The third-order valence-corrected chi connectivity index (χ3v) is 9.69. The van der Waals surface area contributed by atoms with E-state index in [9.17, 15) is 0 Å². The third kappa shape index (κ3) is 27.2. The quantitative estimate of drug-likeness (QED) is 0.0549. The molecule has 0 aliphatic rings. The zero-order valence-corrected chi connectivity index (χ0v) is 30.2. The normalized spacial score (nSPS) is 11.5. The molecule has 0 saturated carbocycles. The summed E-state index contributed by atoms with van der Waals surface area (Å²) in [5.74, 6) is 0. The molecule has 43 heavy (non-hydrogen) atoms. The first kappa shape index (κ1) is 40.2. The maximum Gasteiger partial charge on any atom is 0.171 e. The molecule has 0 spiro atoms. The van der Waals surface area contributed by atoms with Crippen LogP contribution in [0.3, 0.4) is 0 Å². The molecule has 0 unspecified atom stereocenters. The Bertz CT molecular complexity index is 635. The molecule has 0 aliphatic heterocycles. The standard InChI is InChI=1S/C42H80N/c1-4-7-10-13-16-19-21-23-26-29-32-35-41-38-42(36-33-30-27-24-22-20-17-14-11-8-5-2)40-43(39-41)37-34-31-28-25-18-15-12-9-6-3/h38-40H,4-37H2,1-3H3/q+1. The predicted octanol–water partition coefficient (Wildman–Crippen LogP) is 14.2. The molecule has 0 fully saturated rings. The molecule has 0 saturated heterocycles. The molecular weight excluding hydrogens is 518 g/mol. The summed E-state index contributed by atoms with van der Waals surface area (Å²) in [7, 11) is 0. The minimum atomic E-state index is 1.22. The summed E-state index contributed by atoms with van der Waals surface area (Å²) < 4.78 is 2.57. The van der Waals surface area contributed by atoms with Crippen molar-refractivity contribution in [3.8, 4) is 0 Å². The number of aromatic nitrogens is 1. The van der Waals surface area contributed by atoms with Gasteiger partial charge >= 0.3 is 0 Å². The molecule has 1 nitrogen and oxygen atoms in total. The molecule has 252 valence electrons. The van der Waals surface area contributed by atoms with Crippen LogP contribution in [0.4, 0.5) is 0 Å². The molecule has 1 heterocycles. The van der Waals surface area contributed by atoms with Crippen molar-refractivity contribution in [2.45, 2.75) is 239 Å². The van der Waals surface area contributed by atoms with Gasteiger partial charge < -0.3 is 0 Å². The van der Waals surface area contributed by atoms with E-state index >= 15 is 0 Å². The van der Waals surface area contributed by atoms with Gasteiger partial charge in [-0.25, -0.2) is 4.57 Å². The molecular formula is C42H80N+. The molecule has 0 radical (unpaired) electrons. The van der Waals surface area contributed by atoms with E-state index in [1.807, 2.05) is 0 Å². The summed E-state index contributed by atoms with van der Waals surface area (Å²) in [5, 5.41) is 0. The lowest BCUT2D eigenvalue weighted by molar-refractivity contribution is -0.698. The molecule has 1 rings (SSSR count). The molecule has 0 N–H and O–H groups in total. The van der Waals surface area contributed by atoms with Gasteiger partial charge in [0.1, 0.15) is 6.54 Å². The van der Waals surface area contributed by atoms with Gasteiger partial charge in [0.2, 0.25) is 0 Å². The number of rotatable bonds is 34. The molecule has 1 heteroatoms. The second-order valence-electron chi connectivity index (χ2n) is 14.2. The minimum Gasteiger partial charge on any atom is -0.205 e. The van der Waals surface area contributed by atoms with Gasteiger partial charge in [-0.1, -0.05) is 194 Å². The molecule has 0 atom stereocenters. The first-order valence-corrected chi connectivity index (χ1v) is 20.3. The molecule has 0 bridgehead atoms. The van der Waals surface area contributed by atoms with Gasteiger partial charge in [-0.15, -0.1) is 0 Å². The van der Waals surface area contributed by atoms with Crippen molar-refractivity contribution in [3.05, 3.63) is 29.6 Å². The summed E-state index contributed by atoms with van der Waals surface area (Å²) in [4.78, 5) is 0. The van der Waals surface area contributed by atoms with Crippen LogP contribution >= 0.6 is 0 Å². The van der Waals surface area contributed by atoms with E-state index in [-0.39, 0.29) is 0 Å². The highest BCUT2D eigenvalue weighted by molar-refractivity contribution is 5.15. The summed E-state index contributed by atoms with van der Waals surface area (Å²) in [6, 6.07) is 2.57. The summed E-state index contributed by atoms with van der Waals surface area (Å²) in [6.07, 6.45) is 51.8. The molecule has 1 aromatic rings. The van der Waals surface area contributed by atoms with Crippen LogP contribution in [-0.2, 0) is 19.4 Å². The number of aryl methyl sites for hydroxylation is 3. The van der Waals surface area contributed by atoms with Crippen molar-refractivity contribution in [1.82, 2.24) is 0 Å². The summed E-state index contributed by atoms with van der Waals surface area (Å²) >= 11 is 0. The number of unbranched alkanes of at least 4 members (excludes halogenated alkanes) is 28. The summed E-state index contributed by atoms with van der Waals surface area (Å²) in [6.45, 7) is 8.15. The van der Waals surface area contributed by atoms with Crippen LogP contribution in [0.25, 0.3) is 0 Å². The maximum atomic E-state index is 2.57. The lowest BCUT2D eigenvalue weighted by atomic mass is 10.0. The van der Waals surface area contributed by atoms with E-state index in [2.05, 4.69) is 43.8 Å². The Morgan fingerprint density at radius 1 is 0.326 bits per heavy atom. The monoisotopic (exact) mass is 599 g/mol. The van der Waals surface area contributed by atoms with Gasteiger partial charge in [-0.2, -0.15) is 0 Å². The first-order chi connectivity index (χ1) is 21.3. The van der Waals surface area contributed by atoms with Gasteiger partial charge in [-0.05, 0) is 38.2 Å². The van der Waals surface area contributed by atoms with E-state index in [1.54, 1.807) is 11.1 Å². The molecule has 1 aromatic heterocycles. The largest absolute Gasteiger partial charge is 0.205 e. The second-order valence-corrected chi connectivity index (χ2v) is 14.2. The number of pyridine rings is 1. The van der Waals surface area contributed by atoms with Crippen LogP contribution in [0, 0.1) is 0 Å². The maximum absolute atomic E-state index is 2.57. The van der Waals surface area contributed by atoms with Crippen molar-refractivity contribution < 1.29 is 4.57 Å². The average molecular weight is 599 g/mol. The first-order valence-electron chi connectivity index (χ1n) is 20.3. The van der Waals surface area contributed by atoms with Crippen LogP contribution in [0.1, 0.15) is 231 Å². The molecule has 0 aliphatic carbocycles. The van der Waals surface area contributed by atoms with E-state index in [0.717, 1.165) is 0 Å². The van der Waals surface area contributed by atoms with E-state index in [0.29, 0.717) is 0 Å². The van der Waals surface area contributed by atoms with Crippen molar-refractivity contribution in [2.24, 2.45) is 0 Å². The highest BCUT2D eigenvalue weighted by atomic mass is 14.9. The predicted molar refractivity (Wildman–Crippen MR) is 194 cm³/mol. The van der Waals surface area contributed by atoms with Crippen molar-refractivity contribution in [3.63, 3.8) is 0 Å². The van der Waals surface area contributed by atoms with Gasteiger partial charge in [0.25, 0.3) is 0 Å². The van der Waals surface area contributed by atoms with Crippen molar-refractivity contribution >= 4 is 0 Å². The number of hydrogen-bond donors (Lipinski definition) is 0. The SMILES string of the molecule is CCCCCCCCCCCCCc1cc(CCCCCCCCCCCCC)c[n+](CCCCCCCCCCC)c1. The lowest BCUT2D eigenvalue weighted by Crippen LogP contribution is -2.34. The molecule has 0 amide bonds. The Balaban J connectivity index is 2.34. The van der Waals surface area contributed by atoms with Gasteiger partial charge in [-0.3, -0.25) is 0 Å². The van der Waals surface area contributed by atoms with E-state index < -0.39 is 0 Å². The fourth-order valence-electron chi connectivity index (χ4n) is 6.77. The van der Waals surface area contributed by atoms with E-state index in [1.165, 1.54) is 218 Å². The van der Waals surface area contributed by atoms with Crippen LogP contribution in [0.15, 0.2) is 18.5 Å². The fraction of sp³-hybridized carbons (Fsp3) is 0.881. The van der Waals surface area contributed by atoms with Crippen LogP contribution in [-0.4, -0.2) is 0 Å². The van der Waals surface area contributed by atoms with Gasteiger partial charge in [0.15, 0.2) is 12.4 Å². The highest BCUT2D eigenvalue weighted by Gasteiger charge is 2.09. The Morgan fingerprint density at radius 2 is 0.581 bits per heavy atom. The fourth-order valence-corrected chi connectivity index (χ4v) is 6.77.